The molecule has 0 aromatic carbocycles. The maximum absolute atomic E-state index is 14.8. The predicted octanol–water partition coefficient (Wildman–Crippen LogP) is 1.53. The van der Waals surface area contributed by atoms with Gasteiger partial charge in [0, 0.05) is 44.6 Å². The number of urea groups is 1. The quantitative estimate of drug-likeness (QED) is 0.645. The molecule has 2 aromatic heterocycles. The van der Waals surface area contributed by atoms with Crippen molar-refractivity contribution in [1.82, 2.24) is 35.3 Å². The molecule has 188 valence electrons. The van der Waals surface area contributed by atoms with Crippen LogP contribution in [0.1, 0.15) is 19.3 Å². The number of halogens is 1. The van der Waals surface area contributed by atoms with Gasteiger partial charge in [-0.1, -0.05) is 0 Å². The molecule has 35 heavy (non-hydrogen) atoms. The monoisotopic (exact) mass is 487 g/mol. The van der Waals surface area contributed by atoms with Crippen molar-refractivity contribution in [2.24, 2.45) is 0 Å². The second-order valence-corrected chi connectivity index (χ2v) is 8.77. The molecule has 0 aliphatic carbocycles. The highest BCUT2D eigenvalue weighted by atomic mass is 19.1. The van der Waals surface area contributed by atoms with Crippen LogP contribution < -0.4 is 20.3 Å². The minimum absolute atomic E-state index is 0.0629. The van der Waals surface area contributed by atoms with Gasteiger partial charge < -0.3 is 24.8 Å². The fourth-order valence-corrected chi connectivity index (χ4v) is 4.15. The van der Waals surface area contributed by atoms with Crippen LogP contribution in [0.4, 0.5) is 25.7 Å². The molecular formula is C22H30FN9O3. The van der Waals surface area contributed by atoms with E-state index in [0.29, 0.717) is 12.5 Å². The van der Waals surface area contributed by atoms with E-state index in [1.54, 1.807) is 17.0 Å². The van der Waals surface area contributed by atoms with E-state index >= 15 is 0 Å². The van der Waals surface area contributed by atoms with Gasteiger partial charge in [-0.3, -0.25) is 5.32 Å². The third-order valence-corrected chi connectivity index (χ3v) is 6.26. The van der Waals surface area contributed by atoms with Crippen molar-refractivity contribution in [2.75, 3.05) is 50.5 Å². The zero-order chi connectivity index (χ0) is 24.8. The van der Waals surface area contributed by atoms with E-state index in [2.05, 4.69) is 42.7 Å². The summed E-state index contributed by atoms with van der Waals surface area (Å²) in [5, 5.41) is 13.0. The standard InChI is InChI=1S/C22H30FN9O3/c1-30-11-6-15(7-12-30)26-22(34)35-19-5-10-24-20(28-19)32-13-8-16(23)17(14-32)31(2)21(33)27-18-4-3-9-25-29-18/h3-5,9-10,15-17H,6-8,11-14H2,1-2H3,(H,26,34)(H,27,29,33)/t16-,17+/m1/s1. The SMILES string of the molecule is CN1CCC(NC(=O)Oc2ccnc(N3CC[C@@H](F)[C@@H](N(C)C(=O)Nc4cccnn4)C3)n2)CC1. The minimum Gasteiger partial charge on any atom is -0.391 e. The molecule has 0 unspecified atom stereocenters. The lowest BCUT2D eigenvalue weighted by atomic mass is 10.0. The van der Waals surface area contributed by atoms with E-state index in [1.165, 1.54) is 30.4 Å². The molecule has 3 amide bonds. The molecule has 4 rings (SSSR count). The molecule has 2 N–H and O–H groups in total. The first-order chi connectivity index (χ1) is 16.9. The summed E-state index contributed by atoms with van der Waals surface area (Å²) in [7, 11) is 3.58. The fraction of sp³-hybridized carbons (Fsp3) is 0.545. The van der Waals surface area contributed by atoms with Crippen molar-refractivity contribution >= 4 is 23.9 Å². The Kier molecular flexibility index (Phi) is 7.85. The second-order valence-electron chi connectivity index (χ2n) is 8.77. The van der Waals surface area contributed by atoms with Crippen LogP contribution in [-0.2, 0) is 0 Å². The number of likely N-dealkylation sites (tertiary alicyclic amines) is 1. The Morgan fingerprint density at radius 3 is 2.71 bits per heavy atom. The van der Waals surface area contributed by atoms with Gasteiger partial charge in [0.15, 0.2) is 5.82 Å². The number of hydrogen-bond donors (Lipinski definition) is 2. The molecule has 2 aliphatic rings. The van der Waals surface area contributed by atoms with Gasteiger partial charge in [-0.05, 0) is 51.5 Å². The van der Waals surface area contributed by atoms with Crippen molar-refractivity contribution in [3.05, 3.63) is 30.6 Å². The van der Waals surface area contributed by atoms with Crippen LogP contribution in [0.5, 0.6) is 5.88 Å². The highest BCUT2D eigenvalue weighted by Crippen LogP contribution is 2.23. The van der Waals surface area contributed by atoms with Crippen LogP contribution in [0.15, 0.2) is 30.6 Å². The number of piperidine rings is 2. The molecule has 0 saturated carbocycles. The smallest absolute Gasteiger partial charge is 0.391 e. The van der Waals surface area contributed by atoms with Crippen molar-refractivity contribution in [3.8, 4) is 5.88 Å². The normalized spacial score (nSPS) is 21.3. The van der Waals surface area contributed by atoms with Crippen LogP contribution in [0, 0.1) is 0 Å². The molecular weight excluding hydrogens is 457 g/mol. The Balaban J connectivity index is 1.35. The van der Waals surface area contributed by atoms with Gasteiger partial charge in [0.05, 0.1) is 6.04 Å². The fourth-order valence-electron chi connectivity index (χ4n) is 4.15. The number of hydrogen-bond acceptors (Lipinski definition) is 9. The second kappa shape index (κ2) is 11.2. The van der Waals surface area contributed by atoms with Crippen LogP contribution in [0.2, 0.25) is 0 Å². The predicted molar refractivity (Wildman–Crippen MR) is 126 cm³/mol. The summed E-state index contributed by atoms with van der Waals surface area (Å²) >= 11 is 0. The summed E-state index contributed by atoms with van der Waals surface area (Å²) in [6.07, 6.45) is 3.11. The molecule has 12 nitrogen and oxygen atoms in total. The van der Waals surface area contributed by atoms with Crippen molar-refractivity contribution in [1.29, 1.82) is 0 Å². The summed E-state index contributed by atoms with van der Waals surface area (Å²) < 4.78 is 20.2. The Labute approximate surface area is 202 Å². The van der Waals surface area contributed by atoms with Gasteiger partial charge in [0.1, 0.15) is 6.17 Å². The first-order valence-electron chi connectivity index (χ1n) is 11.6. The Morgan fingerprint density at radius 1 is 1.17 bits per heavy atom. The molecule has 13 heteroatoms. The number of nitrogens with one attached hydrogen (secondary N) is 2. The summed E-state index contributed by atoms with van der Waals surface area (Å²) in [5.41, 5.74) is 0. The van der Waals surface area contributed by atoms with E-state index in [0.717, 1.165) is 25.9 Å². The first kappa shape index (κ1) is 24.5. The number of rotatable bonds is 5. The topological polar surface area (TPSA) is 129 Å². The van der Waals surface area contributed by atoms with Gasteiger partial charge >= 0.3 is 12.1 Å². The van der Waals surface area contributed by atoms with Crippen LogP contribution in [0.25, 0.3) is 0 Å². The highest BCUT2D eigenvalue weighted by molar-refractivity contribution is 5.88. The van der Waals surface area contributed by atoms with E-state index in [4.69, 9.17) is 4.74 Å². The highest BCUT2D eigenvalue weighted by Gasteiger charge is 2.35. The van der Waals surface area contributed by atoms with Crippen molar-refractivity contribution in [3.63, 3.8) is 0 Å². The molecule has 2 aliphatic heterocycles. The Morgan fingerprint density at radius 2 is 1.97 bits per heavy atom. The van der Waals surface area contributed by atoms with E-state index < -0.39 is 24.3 Å². The van der Waals surface area contributed by atoms with Crippen molar-refractivity contribution in [2.45, 2.75) is 37.5 Å². The third kappa shape index (κ3) is 6.50. The van der Waals surface area contributed by atoms with Gasteiger partial charge in [-0.25, -0.2) is 19.0 Å². The molecule has 0 radical (unpaired) electrons. The lowest BCUT2D eigenvalue weighted by Gasteiger charge is -2.39. The molecule has 0 bridgehead atoms. The third-order valence-electron chi connectivity index (χ3n) is 6.26. The van der Waals surface area contributed by atoms with Gasteiger partial charge in [0.25, 0.3) is 0 Å². The molecule has 2 atom stereocenters. The summed E-state index contributed by atoms with van der Waals surface area (Å²) in [6.45, 7) is 2.37. The average molecular weight is 488 g/mol. The zero-order valence-corrected chi connectivity index (χ0v) is 19.8. The number of ether oxygens (including phenoxy) is 1. The number of amides is 3. The molecule has 4 heterocycles. The first-order valence-corrected chi connectivity index (χ1v) is 11.6. The van der Waals surface area contributed by atoms with Crippen molar-refractivity contribution < 1.29 is 18.7 Å². The molecule has 0 spiro atoms. The number of aromatic nitrogens is 4. The molecule has 2 aromatic rings. The van der Waals surface area contributed by atoms with Crippen LogP contribution >= 0.6 is 0 Å². The number of likely N-dealkylation sites (N-methyl/N-ethyl adjacent to an activating group) is 1. The van der Waals surface area contributed by atoms with Gasteiger partial charge in [-0.15, -0.1) is 5.10 Å². The van der Waals surface area contributed by atoms with Gasteiger partial charge in [-0.2, -0.15) is 10.1 Å². The summed E-state index contributed by atoms with van der Waals surface area (Å²) in [6, 6.07) is 3.57. The zero-order valence-electron chi connectivity index (χ0n) is 19.8. The minimum atomic E-state index is -1.22. The Hall–Kier alpha value is -3.61. The van der Waals surface area contributed by atoms with E-state index in [-0.39, 0.29) is 30.7 Å². The number of nitrogens with zero attached hydrogens (tertiary/aromatic N) is 7. The lowest BCUT2D eigenvalue weighted by Crippen LogP contribution is -2.55. The van der Waals surface area contributed by atoms with E-state index in [9.17, 15) is 14.0 Å². The molecule has 2 fully saturated rings. The van der Waals surface area contributed by atoms with Crippen LogP contribution in [-0.4, -0.2) is 101 Å². The summed E-state index contributed by atoms with van der Waals surface area (Å²) in [5.74, 6) is 0.682. The number of carbonyl (C=O) groups excluding carboxylic acids is 2. The Bertz CT molecular complexity index is 1010. The summed E-state index contributed by atoms with van der Waals surface area (Å²) in [4.78, 5) is 38.8. The molecule has 2 saturated heterocycles. The number of alkyl halides is 1. The largest absolute Gasteiger partial charge is 0.414 e. The number of carbonyl (C=O) groups is 2. The van der Waals surface area contributed by atoms with E-state index in [1.807, 2.05) is 0 Å². The van der Waals surface area contributed by atoms with Crippen LogP contribution in [0.3, 0.4) is 0 Å². The maximum Gasteiger partial charge on any atom is 0.414 e. The lowest BCUT2D eigenvalue weighted by molar-refractivity contribution is 0.133. The maximum atomic E-state index is 14.8. The number of anilines is 2. The van der Waals surface area contributed by atoms with Gasteiger partial charge in [0.2, 0.25) is 11.8 Å². The average Bonchev–Trinajstić information content (AvgIpc) is 2.86.